The van der Waals surface area contributed by atoms with Crippen LogP contribution in [0.5, 0.6) is 0 Å². The van der Waals surface area contributed by atoms with Gasteiger partial charge >= 0.3 is 0 Å². The van der Waals surface area contributed by atoms with Gasteiger partial charge in [-0.15, -0.1) is 0 Å². The van der Waals surface area contributed by atoms with E-state index < -0.39 is 10.0 Å². The highest BCUT2D eigenvalue weighted by atomic mass is 32.2. The topological polar surface area (TPSA) is 60.9 Å². The number of fused-ring (bicyclic) bond motifs is 1. The minimum absolute atomic E-state index is 0.0602. The van der Waals surface area contributed by atoms with Crippen LogP contribution >= 0.6 is 0 Å². The number of sulfonamides is 1. The molecule has 0 N–H and O–H groups in total. The zero-order valence-electron chi connectivity index (χ0n) is 18.4. The zero-order valence-corrected chi connectivity index (χ0v) is 19.2. The largest absolute Gasteiger partial charge is 0.368 e. The molecule has 0 aliphatic carbocycles. The fourth-order valence-corrected chi connectivity index (χ4v) is 6.18. The summed E-state index contributed by atoms with van der Waals surface area (Å²) in [6, 6.07) is 24.2. The highest BCUT2D eigenvalue weighted by molar-refractivity contribution is 7.92. The van der Waals surface area contributed by atoms with Crippen molar-refractivity contribution in [2.75, 3.05) is 41.9 Å². The smallest absolute Gasteiger partial charge is 0.264 e. The van der Waals surface area contributed by atoms with E-state index in [1.807, 2.05) is 47.4 Å². The van der Waals surface area contributed by atoms with Crippen molar-refractivity contribution in [2.24, 2.45) is 0 Å². The molecule has 1 fully saturated rings. The van der Waals surface area contributed by atoms with Gasteiger partial charge in [-0.05, 0) is 60.9 Å². The molecule has 1 amide bonds. The number of hydrogen-bond donors (Lipinski definition) is 0. The van der Waals surface area contributed by atoms with Crippen LogP contribution < -0.4 is 9.21 Å². The molecule has 1 saturated heterocycles. The number of piperazine rings is 1. The van der Waals surface area contributed by atoms with Crippen LogP contribution in [0.2, 0.25) is 0 Å². The zero-order chi connectivity index (χ0) is 22.8. The Hall–Kier alpha value is -3.32. The van der Waals surface area contributed by atoms with Gasteiger partial charge < -0.3 is 9.80 Å². The third-order valence-corrected chi connectivity index (χ3v) is 8.27. The maximum atomic E-state index is 13.3. The van der Waals surface area contributed by atoms with E-state index in [4.69, 9.17) is 0 Å². The number of carbonyl (C=O) groups excluding carboxylic acids is 1. The predicted octanol–water partition coefficient (Wildman–Crippen LogP) is 3.79. The lowest BCUT2D eigenvalue weighted by atomic mass is 10.0. The van der Waals surface area contributed by atoms with Crippen molar-refractivity contribution in [1.29, 1.82) is 0 Å². The molecule has 6 nitrogen and oxygen atoms in total. The summed E-state index contributed by atoms with van der Waals surface area (Å²) in [4.78, 5) is 17.3. The van der Waals surface area contributed by atoms with E-state index in [1.165, 1.54) is 9.99 Å². The summed E-state index contributed by atoms with van der Waals surface area (Å²) in [5, 5.41) is 0. The number of aryl methyl sites for hydroxylation is 1. The maximum Gasteiger partial charge on any atom is 0.264 e. The highest BCUT2D eigenvalue weighted by Crippen LogP contribution is 2.32. The molecule has 0 spiro atoms. The molecule has 2 aliphatic heterocycles. The highest BCUT2D eigenvalue weighted by Gasteiger charge is 2.29. The number of anilines is 2. The van der Waals surface area contributed by atoms with Crippen molar-refractivity contribution in [2.45, 2.75) is 17.7 Å². The number of carbonyl (C=O) groups is 1. The maximum absolute atomic E-state index is 13.3. The molecule has 2 aliphatic rings. The molecule has 33 heavy (non-hydrogen) atoms. The number of amides is 1. The molecule has 170 valence electrons. The molecule has 0 unspecified atom stereocenters. The van der Waals surface area contributed by atoms with Gasteiger partial charge in [-0.2, -0.15) is 0 Å². The van der Waals surface area contributed by atoms with Gasteiger partial charge in [0.15, 0.2) is 0 Å². The molecular weight excluding hydrogens is 434 g/mol. The molecule has 0 aromatic heterocycles. The molecule has 0 saturated carbocycles. The molecule has 0 atom stereocenters. The van der Waals surface area contributed by atoms with E-state index in [-0.39, 0.29) is 10.8 Å². The van der Waals surface area contributed by atoms with Crippen LogP contribution in [-0.2, 0) is 16.4 Å². The van der Waals surface area contributed by atoms with Crippen LogP contribution in [0.4, 0.5) is 11.4 Å². The van der Waals surface area contributed by atoms with Gasteiger partial charge in [0.2, 0.25) is 0 Å². The summed E-state index contributed by atoms with van der Waals surface area (Å²) in [6.45, 7) is 3.29. The lowest BCUT2D eigenvalue weighted by Gasteiger charge is -2.36. The van der Waals surface area contributed by atoms with Crippen molar-refractivity contribution in [3.63, 3.8) is 0 Å². The molecule has 5 rings (SSSR count). The Morgan fingerprint density at radius 1 is 0.727 bits per heavy atom. The standard InChI is InChI=1S/C26H27N3O3S/c30-26(28-19-17-27(18-20-28)23-9-2-1-3-10-23)22-12-14-24(15-13-22)33(31,32)29-16-6-8-21-7-4-5-11-25(21)29/h1-5,7,9-15H,6,8,16-20H2. The number of nitrogens with zero attached hydrogens (tertiary/aromatic N) is 3. The lowest BCUT2D eigenvalue weighted by Crippen LogP contribution is -2.48. The van der Waals surface area contributed by atoms with Gasteiger partial charge in [-0.25, -0.2) is 8.42 Å². The number of benzene rings is 3. The summed E-state index contributed by atoms with van der Waals surface area (Å²) >= 11 is 0. The van der Waals surface area contributed by atoms with E-state index in [2.05, 4.69) is 17.0 Å². The van der Waals surface area contributed by atoms with Crippen LogP contribution in [0.15, 0.2) is 83.8 Å². The fraction of sp³-hybridized carbons (Fsp3) is 0.269. The summed E-state index contributed by atoms with van der Waals surface area (Å²) in [5.41, 5.74) is 3.48. The molecule has 7 heteroatoms. The summed E-state index contributed by atoms with van der Waals surface area (Å²) < 4.78 is 28.1. The van der Waals surface area contributed by atoms with Crippen molar-refractivity contribution in [3.8, 4) is 0 Å². The van der Waals surface area contributed by atoms with Crippen LogP contribution in [0, 0.1) is 0 Å². The quantitative estimate of drug-likeness (QED) is 0.593. The Balaban J connectivity index is 1.29. The van der Waals surface area contributed by atoms with Gasteiger partial charge in [0.25, 0.3) is 15.9 Å². The molecular formula is C26H27N3O3S. The van der Waals surface area contributed by atoms with Crippen LogP contribution in [0.3, 0.4) is 0 Å². The Bertz CT molecular complexity index is 1240. The number of para-hydroxylation sites is 2. The molecule has 3 aromatic carbocycles. The SMILES string of the molecule is O=C(c1ccc(S(=O)(=O)N2CCCc3ccccc32)cc1)N1CCN(c2ccccc2)CC1. The minimum atomic E-state index is -3.68. The third-order valence-electron chi connectivity index (χ3n) is 6.45. The molecule has 2 heterocycles. The van der Waals surface area contributed by atoms with Gasteiger partial charge in [0, 0.05) is 44.0 Å². The van der Waals surface area contributed by atoms with Crippen LogP contribution in [0.1, 0.15) is 22.3 Å². The van der Waals surface area contributed by atoms with E-state index in [9.17, 15) is 13.2 Å². The molecule has 3 aromatic rings. The normalized spacial score (nSPS) is 16.4. The second-order valence-electron chi connectivity index (χ2n) is 8.45. The fourth-order valence-electron chi connectivity index (χ4n) is 4.63. The third kappa shape index (κ3) is 4.20. The summed E-state index contributed by atoms with van der Waals surface area (Å²) in [5.74, 6) is -0.0602. The Morgan fingerprint density at radius 2 is 1.39 bits per heavy atom. The van der Waals surface area contributed by atoms with Crippen LogP contribution in [0.25, 0.3) is 0 Å². The van der Waals surface area contributed by atoms with Gasteiger partial charge in [0.05, 0.1) is 10.6 Å². The second-order valence-corrected chi connectivity index (χ2v) is 10.3. The van der Waals surface area contributed by atoms with Gasteiger partial charge in [-0.1, -0.05) is 36.4 Å². The monoisotopic (exact) mass is 461 g/mol. The van der Waals surface area contributed by atoms with E-state index >= 15 is 0 Å². The minimum Gasteiger partial charge on any atom is -0.368 e. The first-order chi connectivity index (χ1) is 16.0. The van der Waals surface area contributed by atoms with Gasteiger partial charge in [0.1, 0.15) is 0 Å². The summed E-state index contributed by atoms with van der Waals surface area (Å²) in [6.07, 6.45) is 1.68. The van der Waals surface area contributed by atoms with E-state index in [0.29, 0.717) is 25.2 Å². The average Bonchev–Trinajstić information content (AvgIpc) is 2.88. The van der Waals surface area contributed by atoms with E-state index in [1.54, 1.807) is 24.3 Å². The Morgan fingerprint density at radius 3 is 2.12 bits per heavy atom. The first-order valence-electron chi connectivity index (χ1n) is 11.3. The Labute approximate surface area is 195 Å². The van der Waals surface area contributed by atoms with Crippen LogP contribution in [-0.4, -0.2) is 51.9 Å². The first kappa shape index (κ1) is 21.5. The number of rotatable bonds is 4. The van der Waals surface area contributed by atoms with Crippen molar-refractivity contribution in [3.05, 3.63) is 90.0 Å². The van der Waals surface area contributed by atoms with Crippen molar-refractivity contribution < 1.29 is 13.2 Å². The predicted molar refractivity (Wildman–Crippen MR) is 130 cm³/mol. The molecule has 0 bridgehead atoms. The van der Waals surface area contributed by atoms with Crippen molar-refractivity contribution in [1.82, 2.24) is 4.90 Å². The lowest BCUT2D eigenvalue weighted by molar-refractivity contribution is 0.0746. The van der Waals surface area contributed by atoms with Gasteiger partial charge in [-0.3, -0.25) is 9.10 Å². The average molecular weight is 462 g/mol. The number of hydrogen-bond acceptors (Lipinski definition) is 4. The first-order valence-corrected chi connectivity index (χ1v) is 12.8. The second kappa shape index (κ2) is 8.90. The van der Waals surface area contributed by atoms with Crippen molar-refractivity contribution >= 4 is 27.3 Å². The Kier molecular flexibility index (Phi) is 5.81. The molecule has 0 radical (unpaired) electrons. The summed E-state index contributed by atoms with van der Waals surface area (Å²) in [7, 11) is -3.68. The van der Waals surface area contributed by atoms with E-state index in [0.717, 1.165) is 37.2 Å².